The number of hydrogen-bond acceptors (Lipinski definition) is 9. The van der Waals surface area contributed by atoms with E-state index in [1.807, 2.05) is 27.0 Å². The van der Waals surface area contributed by atoms with Crippen molar-refractivity contribution in [3.63, 3.8) is 0 Å². The van der Waals surface area contributed by atoms with Crippen molar-refractivity contribution >= 4 is 11.9 Å². The molecule has 0 radical (unpaired) electrons. The topological polar surface area (TPSA) is 132 Å². The number of hydrogen-bond donors (Lipinski definition) is 3. The first-order valence-electron chi connectivity index (χ1n) is 12.3. The van der Waals surface area contributed by atoms with E-state index in [0.29, 0.717) is 25.0 Å². The minimum atomic E-state index is -1.16. The molecule has 5 rings (SSSR count). The fourth-order valence-electron chi connectivity index (χ4n) is 6.55. The minimum Gasteiger partial charge on any atom is -0.504 e. The maximum atomic E-state index is 12.9. The highest BCUT2D eigenvalue weighted by atomic mass is 16.6. The van der Waals surface area contributed by atoms with E-state index in [-0.39, 0.29) is 37.3 Å². The fraction of sp³-hybridized carbons (Fsp3) is 0.630. The van der Waals surface area contributed by atoms with Crippen molar-refractivity contribution in [3.05, 3.63) is 35.1 Å². The number of likely N-dealkylation sites (N-methyl/N-ethyl adjacent to an activating group) is 1. The number of likely N-dealkylation sites (tertiary alicyclic amines) is 1. The second-order valence-corrected chi connectivity index (χ2v) is 10.8. The van der Waals surface area contributed by atoms with Crippen molar-refractivity contribution in [2.75, 3.05) is 13.6 Å². The molecule has 4 aliphatic rings. The lowest BCUT2D eigenvalue weighted by molar-refractivity contribution is -0.175. The van der Waals surface area contributed by atoms with Gasteiger partial charge in [-0.15, -0.1) is 0 Å². The Balaban J connectivity index is 0.00000304. The zero-order chi connectivity index (χ0) is 25.3. The molecule has 1 fully saturated rings. The SMILES string of the molecule is C.CC(C)C[C@H](N)C(=O)O[C@@H](C)C(=O)OC1=CC[C@@]2(O)[C@H]3Cc4ccc(O)c5c4[C@@]2(CCN3C)[C@H]1O5. The summed E-state index contributed by atoms with van der Waals surface area (Å²) >= 11 is 0. The Kier molecular flexibility index (Phi) is 6.64. The van der Waals surface area contributed by atoms with Crippen molar-refractivity contribution in [3.8, 4) is 11.5 Å². The molecule has 0 aromatic heterocycles. The smallest absolute Gasteiger partial charge is 0.352 e. The van der Waals surface area contributed by atoms with Crippen LogP contribution < -0.4 is 10.5 Å². The Hall–Kier alpha value is -2.62. The van der Waals surface area contributed by atoms with E-state index in [1.165, 1.54) is 6.92 Å². The zero-order valence-corrected chi connectivity index (χ0v) is 20.6. The molecule has 36 heavy (non-hydrogen) atoms. The summed E-state index contributed by atoms with van der Waals surface area (Å²) in [5.74, 6) is -0.579. The number of phenolic OH excluding ortho intramolecular Hbond substituents is 1. The van der Waals surface area contributed by atoms with E-state index in [1.54, 1.807) is 12.1 Å². The van der Waals surface area contributed by atoms with Gasteiger partial charge in [-0.3, -0.25) is 4.79 Å². The molecule has 2 bridgehead atoms. The maximum Gasteiger partial charge on any atom is 0.352 e. The van der Waals surface area contributed by atoms with E-state index >= 15 is 0 Å². The number of ether oxygens (including phenoxy) is 3. The molecule has 6 atom stereocenters. The van der Waals surface area contributed by atoms with E-state index in [9.17, 15) is 19.8 Å². The normalized spacial score (nSPS) is 31.4. The third-order valence-electron chi connectivity index (χ3n) is 8.22. The van der Waals surface area contributed by atoms with E-state index < -0.39 is 41.2 Å². The van der Waals surface area contributed by atoms with Crippen LogP contribution >= 0.6 is 0 Å². The van der Waals surface area contributed by atoms with Crippen molar-refractivity contribution in [2.45, 2.75) is 89.2 Å². The lowest BCUT2D eigenvalue weighted by Crippen LogP contribution is -2.74. The molecule has 0 saturated carbocycles. The lowest BCUT2D eigenvalue weighted by atomic mass is 9.50. The molecule has 1 saturated heterocycles. The third-order valence-corrected chi connectivity index (χ3v) is 8.22. The number of aliphatic hydroxyl groups is 1. The van der Waals surface area contributed by atoms with Gasteiger partial charge in [0.1, 0.15) is 11.8 Å². The summed E-state index contributed by atoms with van der Waals surface area (Å²) in [6, 6.07) is 2.54. The average molecular weight is 503 g/mol. The number of rotatable bonds is 6. The van der Waals surface area contributed by atoms with E-state index in [0.717, 1.165) is 17.7 Å². The van der Waals surface area contributed by atoms with Gasteiger partial charge in [0.25, 0.3) is 0 Å². The van der Waals surface area contributed by atoms with Gasteiger partial charge in [-0.05, 0) is 63.4 Å². The second kappa shape index (κ2) is 9.04. The number of aromatic hydroxyl groups is 1. The monoisotopic (exact) mass is 502 g/mol. The molecule has 0 amide bonds. The molecule has 9 nitrogen and oxygen atoms in total. The first-order chi connectivity index (χ1) is 16.5. The van der Waals surface area contributed by atoms with Crippen molar-refractivity contribution in [1.29, 1.82) is 0 Å². The Bertz CT molecular complexity index is 1100. The molecule has 9 heteroatoms. The quantitative estimate of drug-likeness (QED) is 0.501. The van der Waals surface area contributed by atoms with Crippen LogP contribution in [0.5, 0.6) is 11.5 Å². The van der Waals surface area contributed by atoms with Crippen LogP contribution in [0.15, 0.2) is 24.0 Å². The number of carbonyl (C=O) groups is 2. The van der Waals surface area contributed by atoms with Gasteiger partial charge in [0, 0.05) is 18.0 Å². The highest BCUT2D eigenvalue weighted by Crippen LogP contribution is 2.65. The number of phenols is 1. The third kappa shape index (κ3) is 3.63. The van der Waals surface area contributed by atoms with Crippen LogP contribution in [0.25, 0.3) is 0 Å². The lowest BCUT2D eigenvalue weighted by Gasteiger charge is -2.61. The molecule has 198 valence electrons. The summed E-state index contributed by atoms with van der Waals surface area (Å²) < 4.78 is 17.3. The zero-order valence-electron chi connectivity index (χ0n) is 20.6. The van der Waals surface area contributed by atoms with Gasteiger partial charge in [0.15, 0.2) is 23.7 Å². The summed E-state index contributed by atoms with van der Waals surface area (Å²) in [4.78, 5) is 27.4. The van der Waals surface area contributed by atoms with Crippen molar-refractivity contribution in [1.82, 2.24) is 4.90 Å². The maximum absolute atomic E-state index is 12.9. The molecule has 2 aliphatic carbocycles. The first kappa shape index (κ1) is 26.4. The molecule has 2 aliphatic heterocycles. The number of nitrogens with two attached hydrogens (primary N) is 1. The van der Waals surface area contributed by atoms with Crippen molar-refractivity contribution in [2.24, 2.45) is 11.7 Å². The Morgan fingerprint density at radius 3 is 2.69 bits per heavy atom. The van der Waals surface area contributed by atoms with Gasteiger partial charge in [0.2, 0.25) is 0 Å². The largest absolute Gasteiger partial charge is 0.504 e. The summed E-state index contributed by atoms with van der Waals surface area (Å²) in [5.41, 5.74) is 5.73. The van der Waals surface area contributed by atoms with Crippen LogP contribution in [-0.2, 0) is 30.9 Å². The van der Waals surface area contributed by atoms with Gasteiger partial charge in [-0.2, -0.15) is 0 Å². The number of nitrogens with zero attached hydrogens (tertiary/aromatic N) is 1. The highest BCUT2D eigenvalue weighted by Gasteiger charge is 2.72. The Morgan fingerprint density at radius 2 is 2.00 bits per heavy atom. The van der Waals surface area contributed by atoms with Gasteiger partial charge < -0.3 is 35.1 Å². The van der Waals surface area contributed by atoms with Crippen LogP contribution in [0.3, 0.4) is 0 Å². The second-order valence-electron chi connectivity index (χ2n) is 10.8. The van der Waals surface area contributed by atoms with E-state index in [2.05, 4.69) is 4.90 Å². The van der Waals surface area contributed by atoms with Gasteiger partial charge in [-0.25, -0.2) is 4.79 Å². The van der Waals surface area contributed by atoms with E-state index in [4.69, 9.17) is 19.9 Å². The summed E-state index contributed by atoms with van der Waals surface area (Å²) in [6.45, 7) is 6.07. The molecule has 1 spiro atoms. The molecular formula is C27H38N2O7. The first-order valence-corrected chi connectivity index (χ1v) is 12.3. The molecular weight excluding hydrogens is 464 g/mol. The molecule has 2 heterocycles. The number of carbonyl (C=O) groups excluding carboxylic acids is 2. The Morgan fingerprint density at radius 1 is 1.28 bits per heavy atom. The predicted octanol–water partition coefficient (Wildman–Crippen LogP) is 2.15. The number of benzene rings is 1. The molecule has 1 aromatic rings. The van der Waals surface area contributed by atoms with Crippen LogP contribution in [0.4, 0.5) is 0 Å². The molecule has 1 aromatic carbocycles. The van der Waals surface area contributed by atoms with Crippen LogP contribution in [0, 0.1) is 5.92 Å². The van der Waals surface area contributed by atoms with Gasteiger partial charge in [-0.1, -0.05) is 27.3 Å². The minimum absolute atomic E-state index is 0. The van der Waals surface area contributed by atoms with Crippen LogP contribution in [0.2, 0.25) is 0 Å². The van der Waals surface area contributed by atoms with Crippen LogP contribution in [-0.4, -0.2) is 70.5 Å². The predicted molar refractivity (Wildman–Crippen MR) is 132 cm³/mol. The molecule has 0 unspecified atom stereocenters. The fourth-order valence-corrected chi connectivity index (χ4v) is 6.55. The number of esters is 2. The van der Waals surface area contributed by atoms with Crippen LogP contribution in [0.1, 0.15) is 58.6 Å². The highest BCUT2D eigenvalue weighted by molar-refractivity contribution is 5.82. The van der Waals surface area contributed by atoms with Gasteiger partial charge >= 0.3 is 11.9 Å². The standard InChI is InChI=1S/C26H34N2O7.CH4/c1-13(2)11-16(27)24(31)33-14(3)23(30)34-18-7-8-26(32)19-12-15-5-6-17(29)21-20(15)25(26,22(18)35-21)9-10-28(19)4;/h5-7,13-14,16,19,22,29,32H,8-12,27H2,1-4H3;1H4/t14-,16-,19+,22-,25-,26+;/m0./s1. The average Bonchev–Trinajstić information content (AvgIpc) is 3.15. The number of piperidine rings is 1. The summed E-state index contributed by atoms with van der Waals surface area (Å²) in [5, 5.41) is 22.7. The molecule has 4 N–H and O–H groups in total. The summed E-state index contributed by atoms with van der Waals surface area (Å²) in [6.07, 6.45) is 1.68. The van der Waals surface area contributed by atoms with Crippen molar-refractivity contribution < 1.29 is 34.0 Å². The summed E-state index contributed by atoms with van der Waals surface area (Å²) in [7, 11) is 2.01. The Labute approximate surface area is 212 Å². The van der Waals surface area contributed by atoms with Gasteiger partial charge in [0.05, 0.1) is 11.0 Å².